The van der Waals surface area contributed by atoms with Crippen LogP contribution in [-0.2, 0) is 11.3 Å². The highest BCUT2D eigenvalue weighted by atomic mass is 19.2. The molecule has 0 atom stereocenters. The Kier molecular flexibility index (Phi) is 6.94. The van der Waals surface area contributed by atoms with Crippen LogP contribution in [0.3, 0.4) is 0 Å². The molecule has 1 aliphatic heterocycles. The van der Waals surface area contributed by atoms with Gasteiger partial charge in [-0.1, -0.05) is 18.6 Å². The fraction of sp³-hybridized carbons (Fsp3) is 0.250. The van der Waals surface area contributed by atoms with Gasteiger partial charge in [0.25, 0.3) is 11.8 Å². The van der Waals surface area contributed by atoms with E-state index in [0.717, 1.165) is 4.68 Å². The number of anilines is 1. The van der Waals surface area contributed by atoms with Crippen molar-refractivity contribution in [2.24, 2.45) is 0 Å². The van der Waals surface area contributed by atoms with Crippen molar-refractivity contribution in [2.75, 3.05) is 11.9 Å². The molecule has 0 unspecified atom stereocenters. The summed E-state index contributed by atoms with van der Waals surface area (Å²) < 4.78 is 55.4. The Morgan fingerprint density at radius 2 is 1.51 bits per heavy atom. The summed E-state index contributed by atoms with van der Waals surface area (Å²) in [4.78, 5) is 38.0. The van der Waals surface area contributed by atoms with E-state index in [4.69, 9.17) is 0 Å². The predicted molar refractivity (Wildman–Crippen MR) is 117 cm³/mol. The number of benzene rings is 2. The third-order valence-corrected chi connectivity index (χ3v) is 5.59. The second kappa shape index (κ2) is 10.1. The van der Waals surface area contributed by atoms with Crippen LogP contribution in [0.25, 0.3) is 0 Å². The number of nitrogens with one attached hydrogen (secondary N) is 1. The zero-order valence-corrected chi connectivity index (χ0v) is 18.4. The molecule has 11 heteroatoms. The molecule has 2 heterocycles. The first-order valence-corrected chi connectivity index (χ1v) is 10.9. The van der Waals surface area contributed by atoms with Gasteiger partial charge in [-0.05, 0) is 25.0 Å². The van der Waals surface area contributed by atoms with Crippen LogP contribution >= 0.6 is 0 Å². The van der Waals surface area contributed by atoms with Crippen molar-refractivity contribution in [1.82, 2.24) is 14.7 Å². The maximum atomic E-state index is 13.8. The van der Waals surface area contributed by atoms with Crippen LogP contribution in [0.4, 0.5) is 23.4 Å². The molecule has 35 heavy (non-hydrogen) atoms. The summed E-state index contributed by atoms with van der Waals surface area (Å²) in [6.45, 7) is -0.313. The number of hydrogen-bond donors (Lipinski definition) is 1. The molecule has 182 valence electrons. The number of halogens is 4. The first kappa shape index (κ1) is 24.1. The first-order chi connectivity index (χ1) is 16.8. The zero-order chi connectivity index (χ0) is 25.1. The smallest absolute Gasteiger partial charge is 0.261 e. The minimum absolute atomic E-state index is 0.110. The molecule has 0 spiro atoms. The minimum Gasteiger partial charge on any atom is -0.309 e. The van der Waals surface area contributed by atoms with Crippen molar-refractivity contribution in [3.63, 3.8) is 0 Å². The van der Waals surface area contributed by atoms with E-state index < -0.39 is 35.4 Å². The van der Waals surface area contributed by atoms with Crippen LogP contribution in [0.1, 0.15) is 52.0 Å². The highest BCUT2D eigenvalue weighted by Crippen LogP contribution is 2.23. The molecule has 2 aromatic carbocycles. The summed E-state index contributed by atoms with van der Waals surface area (Å²) in [5.74, 6) is -6.93. The molecular weight excluding hydrogens is 468 g/mol. The van der Waals surface area contributed by atoms with Gasteiger partial charge >= 0.3 is 0 Å². The average molecular weight is 488 g/mol. The van der Waals surface area contributed by atoms with Crippen LogP contribution in [0.15, 0.2) is 42.6 Å². The maximum Gasteiger partial charge on any atom is 0.261 e. The first-order valence-electron chi connectivity index (χ1n) is 10.9. The second-order valence-electron chi connectivity index (χ2n) is 8.01. The lowest BCUT2D eigenvalue weighted by molar-refractivity contribution is -0.116. The summed E-state index contributed by atoms with van der Waals surface area (Å²) in [6.07, 6.45) is 3.08. The van der Waals surface area contributed by atoms with E-state index in [1.807, 2.05) is 0 Å². The summed E-state index contributed by atoms with van der Waals surface area (Å²) in [5.41, 5.74) is -0.0322. The summed E-state index contributed by atoms with van der Waals surface area (Å²) >= 11 is 0. The Morgan fingerprint density at radius 3 is 2.14 bits per heavy atom. The van der Waals surface area contributed by atoms with E-state index in [9.17, 15) is 31.9 Å². The Balaban J connectivity index is 1.22. The van der Waals surface area contributed by atoms with Crippen LogP contribution in [-0.4, -0.2) is 38.9 Å². The molecule has 0 saturated carbocycles. The SMILES string of the molecule is O=C(CCCCCN1C(=O)c2ccccc2C1=O)Nc1ccn(Cc2c(F)c(F)cc(F)c2F)n1. The van der Waals surface area contributed by atoms with Gasteiger partial charge in [0.2, 0.25) is 5.91 Å². The van der Waals surface area contributed by atoms with Crippen molar-refractivity contribution in [3.05, 3.63) is 82.6 Å². The maximum absolute atomic E-state index is 13.8. The standard InChI is InChI=1S/C24H20F4N4O3/c25-17-12-18(26)22(28)16(21(17)27)13-31-11-9-19(30-31)29-20(33)8-2-1-5-10-32-23(34)14-6-3-4-7-15(14)24(32)35/h3-4,6-7,9,11-12H,1-2,5,8,10,13H2,(H,29,30,33). The lowest BCUT2D eigenvalue weighted by Gasteiger charge is -2.13. The van der Waals surface area contributed by atoms with Crippen molar-refractivity contribution in [1.29, 1.82) is 0 Å². The zero-order valence-electron chi connectivity index (χ0n) is 18.4. The molecule has 0 aliphatic carbocycles. The van der Waals surface area contributed by atoms with E-state index in [2.05, 4.69) is 10.4 Å². The summed E-state index contributed by atoms with van der Waals surface area (Å²) in [5, 5.41) is 6.48. The summed E-state index contributed by atoms with van der Waals surface area (Å²) in [6, 6.07) is 8.14. The van der Waals surface area contributed by atoms with Crippen LogP contribution in [0.2, 0.25) is 0 Å². The number of carbonyl (C=O) groups is 3. The van der Waals surface area contributed by atoms with Crippen molar-refractivity contribution in [2.45, 2.75) is 32.2 Å². The molecular formula is C24H20F4N4O3. The quantitative estimate of drug-likeness (QED) is 0.211. The van der Waals surface area contributed by atoms with Gasteiger partial charge in [-0.15, -0.1) is 0 Å². The van der Waals surface area contributed by atoms with Gasteiger partial charge in [-0.25, -0.2) is 17.6 Å². The number of imide groups is 1. The second-order valence-corrected chi connectivity index (χ2v) is 8.01. The predicted octanol–water partition coefficient (Wildman–Crippen LogP) is 4.28. The van der Waals surface area contributed by atoms with Gasteiger partial charge in [-0.2, -0.15) is 5.10 Å². The molecule has 0 fully saturated rings. The number of rotatable bonds is 9. The lowest BCUT2D eigenvalue weighted by atomic mass is 10.1. The number of fused-ring (bicyclic) bond motifs is 1. The molecule has 1 N–H and O–H groups in total. The fourth-order valence-corrected chi connectivity index (χ4v) is 3.82. The minimum atomic E-state index is -1.51. The van der Waals surface area contributed by atoms with Crippen LogP contribution in [0, 0.1) is 23.3 Å². The Morgan fingerprint density at radius 1 is 0.886 bits per heavy atom. The number of carbonyl (C=O) groups excluding carboxylic acids is 3. The summed E-state index contributed by atoms with van der Waals surface area (Å²) in [7, 11) is 0. The van der Waals surface area contributed by atoms with Gasteiger partial charge in [0.15, 0.2) is 29.1 Å². The Hall–Kier alpha value is -4.02. The van der Waals surface area contributed by atoms with Gasteiger partial charge in [0.05, 0.1) is 23.2 Å². The van der Waals surface area contributed by atoms with E-state index in [-0.39, 0.29) is 42.6 Å². The van der Waals surface area contributed by atoms with Gasteiger partial charge in [-0.3, -0.25) is 24.0 Å². The van der Waals surface area contributed by atoms with E-state index in [1.54, 1.807) is 24.3 Å². The highest BCUT2D eigenvalue weighted by molar-refractivity contribution is 6.21. The topological polar surface area (TPSA) is 84.3 Å². The highest BCUT2D eigenvalue weighted by Gasteiger charge is 2.34. The van der Waals surface area contributed by atoms with Crippen molar-refractivity contribution in [3.8, 4) is 0 Å². The van der Waals surface area contributed by atoms with Crippen molar-refractivity contribution >= 4 is 23.5 Å². The monoisotopic (exact) mass is 488 g/mol. The molecule has 0 bridgehead atoms. The Labute approximate surface area is 197 Å². The van der Waals surface area contributed by atoms with E-state index in [0.29, 0.717) is 30.4 Å². The molecule has 1 aliphatic rings. The van der Waals surface area contributed by atoms with Gasteiger partial charge in [0.1, 0.15) is 0 Å². The fourth-order valence-electron chi connectivity index (χ4n) is 3.82. The van der Waals surface area contributed by atoms with Gasteiger partial charge in [0, 0.05) is 31.3 Å². The van der Waals surface area contributed by atoms with Crippen LogP contribution in [0.5, 0.6) is 0 Å². The molecule has 1 aromatic heterocycles. The van der Waals surface area contributed by atoms with Gasteiger partial charge < -0.3 is 5.32 Å². The van der Waals surface area contributed by atoms with Crippen molar-refractivity contribution < 1.29 is 31.9 Å². The van der Waals surface area contributed by atoms with Crippen LogP contribution < -0.4 is 5.32 Å². The molecule has 0 radical (unpaired) electrons. The third kappa shape index (κ3) is 5.08. The number of nitrogens with zero attached hydrogens (tertiary/aromatic N) is 3. The Bertz CT molecular complexity index is 1250. The third-order valence-electron chi connectivity index (χ3n) is 5.59. The molecule has 3 aromatic rings. The normalized spacial score (nSPS) is 12.9. The molecule has 4 rings (SSSR count). The number of amides is 3. The molecule has 0 saturated heterocycles. The van der Waals surface area contributed by atoms with E-state index >= 15 is 0 Å². The number of hydrogen-bond acceptors (Lipinski definition) is 4. The average Bonchev–Trinajstić information content (AvgIpc) is 3.37. The number of aromatic nitrogens is 2. The van der Waals surface area contributed by atoms with E-state index in [1.165, 1.54) is 17.2 Å². The lowest BCUT2D eigenvalue weighted by Crippen LogP contribution is -2.30. The number of unbranched alkanes of at least 4 members (excludes halogenated alkanes) is 2. The molecule has 3 amide bonds. The largest absolute Gasteiger partial charge is 0.309 e. The molecule has 7 nitrogen and oxygen atoms in total.